The van der Waals surface area contributed by atoms with Crippen molar-refractivity contribution in [1.29, 1.82) is 0 Å². The van der Waals surface area contributed by atoms with Crippen LogP contribution in [0.2, 0.25) is 0 Å². The fraction of sp³-hybridized carbons (Fsp3) is 0.208. The minimum Gasteiger partial charge on any atom is -0.428 e. The SMILES string of the molecule is CCC(C)(C)OC(=O)Oc1c(-c2ccccc2)cccc1-c1ccccc1. The Morgan fingerprint density at radius 2 is 1.26 bits per heavy atom. The van der Waals surface area contributed by atoms with Gasteiger partial charge in [0.2, 0.25) is 0 Å². The van der Waals surface area contributed by atoms with Gasteiger partial charge >= 0.3 is 6.16 Å². The third-order valence-electron chi connectivity index (χ3n) is 4.58. The van der Waals surface area contributed by atoms with E-state index in [2.05, 4.69) is 0 Å². The van der Waals surface area contributed by atoms with E-state index in [9.17, 15) is 4.79 Å². The largest absolute Gasteiger partial charge is 0.514 e. The standard InChI is InChI=1S/C24H24O3/c1-4-24(2,3)27-23(25)26-22-20(18-12-7-5-8-13-18)16-11-17-21(22)19-14-9-6-10-15-19/h5-17H,4H2,1-3H3. The Morgan fingerprint density at radius 3 is 1.70 bits per heavy atom. The van der Waals surface area contributed by atoms with Crippen molar-refractivity contribution in [3.8, 4) is 28.0 Å². The van der Waals surface area contributed by atoms with Crippen LogP contribution in [0.4, 0.5) is 4.79 Å². The van der Waals surface area contributed by atoms with Crippen molar-refractivity contribution in [2.24, 2.45) is 0 Å². The van der Waals surface area contributed by atoms with E-state index in [1.165, 1.54) is 0 Å². The van der Waals surface area contributed by atoms with Gasteiger partial charge in [0.15, 0.2) is 0 Å². The van der Waals surface area contributed by atoms with Crippen LogP contribution in [0.5, 0.6) is 5.75 Å². The molecular formula is C24H24O3. The van der Waals surface area contributed by atoms with Crippen molar-refractivity contribution < 1.29 is 14.3 Å². The molecule has 3 heteroatoms. The van der Waals surface area contributed by atoms with Gasteiger partial charge < -0.3 is 9.47 Å². The molecule has 0 atom stereocenters. The van der Waals surface area contributed by atoms with Crippen molar-refractivity contribution in [2.45, 2.75) is 32.8 Å². The summed E-state index contributed by atoms with van der Waals surface area (Å²) in [6.07, 6.45) is 0.0101. The zero-order chi connectivity index (χ0) is 19.3. The zero-order valence-corrected chi connectivity index (χ0v) is 15.9. The molecule has 3 rings (SSSR count). The number of carbonyl (C=O) groups is 1. The molecule has 3 aromatic carbocycles. The van der Waals surface area contributed by atoms with Crippen LogP contribution in [0.25, 0.3) is 22.3 Å². The fourth-order valence-corrected chi connectivity index (χ4v) is 2.74. The van der Waals surface area contributed by atoms with Gasteiger partial charge in [0.1, 0.15) is 11.4 Å². The van der Waals surface area contributed by atoms with Gasteiger partial charge in [0, 0.05) is 11.1 Å². The summed E-state index contributed by atoms with van der Waals surface area (Å²) in [7, 11) is 0. The lowest BCUT2D eigenvalue weighted by Gasteiger charge is -2.23. The van der Waals surface area contributed by atoms with Gasteiger partial charge in [-0.3, -0.25) is 0 Å². The van der Waals surface area contributed by atoms with Crippen LogP contribution >= 0.6 is 0 Å². The second-order valence-electron chi connectivity index (χ2n) is 6.98. The van der Waals surface area contributed by atoms with E-state index in [1.807, 2.05) is 99.6 Å². The Balaban J connectivity index is 2.07. The molecule has 3 aromatic rings. The van der Waals surface area contributed by atoms with E-state index >= 15 is 0 Å². The number of carbonyl (C=O) groups excluding carboxylic acids is 1. The van der Waals surface area contributed by atoms with Gasteiger partial charge in [-0.1, -0.05) is 85.8 Å². The van der Waals surface area contributed by atoms with Crippen LogP contribution in [0.15, 0.2) is 78.9 Å². The number of ether oxygens (including phenoxy) is 2. The fourth-order valence-electron chi connectivity index (χ4n) is 2.74. The molecule has 0 bridgehead atoms. The molecule has 0 aliphatic heterocycles. The van der Waals surface area contributed by atoms with E-state index in [-0.39, 0.29) is 0 Å². The molecule has 3 nitrogen and oxygen atoms in total. The normalized spacial score (nSPS) is 11.1. The molecule has 0 amide bonds. The summed E-state index contributed by atoms with van der Waals surface area (Å²) in [5.74, 6) is 0.506. The topological polar surface area (TPSA) is 35.5 Å². The lowest BCUT2D eigenvalue weighted by molar-refractivity contribution is 0.00725. The number of hydrogen-bond donors (Lipinski definition) is 0. The molecule has 0 heterocycles. The molecule has 27 heavy (non-hydrogen) atoms. The van der Waals surface area contributed by atoms with E-state index in [0.29, 0.717) is 12.2 Å². The van der Waals surface area contributed by atoms with Gasteiger partial charge in [-0.2, -0.15) is 0 Å². The highest BCUT2D eigenvalue weighted by atomic mass is 16.7. The highest BCUT2D eigenvalue weighted by Gasteiger charge is 2.24. The van der Waals surface area contributed by atoms with Gasteiger partial charge in [0.25, 0.3) is 0 Å². The molecule has 0 unspecified atom stereocenters. The molecule has 0 saturated heterocycles. The molecule has 138 valence electrons. The molecular weight excluding hydrogens is 336 g/mol. The van der Waals surface area contributed by atoms with E-state index in [4.69, 9.17) is 9.47 Å². The van der Waals surface area contributed by atoms with Crippen molar-refractivity contribution in [3.63, 3.8) is 0 Å². The Morgan fingerprint density at radius 1 is 0.778 bits per heavy atom. The van der Waals surface area contributed by atoms with Gasteiger partial charge in [0.05, 0.1) is 0 Å². The molecule has 0 N–H and O–H groups in total. The third kappa shape index (κ3) is 4.56. The second kappa shape index (κ2) is 8.09. The van der Waals surface area contributed by atoms with Gasteiger partial charge in [-0.15, -0.1) is 0 Å². The number of para-hydroxylation sites is 1. The first-order valence-corrected chi connectivity index (χ1v) is 9.15. The molecule has 0 aliphatic carbocycles. The first-order valence-electron chi connectivity index (χ1n) is 9.15. The predicted molar refractivity (Wildman–Crippen MR) is 109 cm³/mol. The van der Waals surface area contributed by atoms with E-state index in [0.717, 1.165) is 22.3 Å². The van der Waals surface area contributed by atoms with Gasteiger partial charge in [-0.25, -0.2) is 4.79 Å². The monoisotopic (exact) mass is 360 g/mol. The van der Waals surface area contributed by atoms with Gasteiger partial charge in [-0.05, 0) is 31.4 Å². The average Bonchev–Trinajstić information content (AvgIpc) is 2.69. The lowest BCUT2D eigenvalue weighted by atomic mass is 9.97. The maximum absolute atomic E-state index is 12.5. The van der Waals surface area contributed by atoms with E-state index in [1.54, 1.807) is 0 Å². The van der Waals surface area contributed by atoms with Crippen molar-refractivity contribution in [2.75, 3.05) is 0 Å². The number of hydrogen-bond acceptors (Lipinski definition) is 3. The molecule has 0 fully saturated rings. The summed E-state index contributed by atoms with van der Waals surface area (Å²) in [4.78, 5) is 12.5. The highest BCUT2D eigenvalue weighted by Crippen LogP contribution is 2.39. The summed E-state index contributed by atoms with van der Waals surface area (Å²) < 4.78 is 11.3. The Bertz CT molecular complexity index is 842. The summed E-state index contributed by atoms with van der Waals surface area (Å²) in [5, 5.41) is 0. The van der Waals surface area contributed by atoms with Crippen molar-refractivity contribution >= 4 is 6.16 Å². The zero-order valence-electron chi connectivity index (χ0n) is 15.9. The Hall–Kier alpha value is -3.07. The molecule has 0 aliphatic rings. The summed E-state index contributed by atoms with van der Waals surface area (Å²) in [5.41, 5.74) is 3.08. The smallest absolute Gasteiger partial charge is 0.428 e. The highest BCUT2D eigenvalue weighted by molar-refractivity contribution is 5.85. The maximum atomic E-state index is 12.5. The van der Waals surface area contributed by atoms with Crippen molar-refractivity contribution in [3.05, 3.63) is 78.9 Å². The van der Waals surface area contributed by atoms with Crippen LogP contribution < -0.4 is 4.74 Å². The third-order valence-corrected chi connectivity index (χ3v) is 4.58. The van der Waals surface area contributed by atoms with Crippen molar-refractivity contribution in [1.82, 2.24) is 0 Å². The summed E-state index contributed by atoms with van der Waals surface area (Å²) in [6.45, 7) is 5.71. The van der Waals surface area contributed by atoms with E-state index < -0.39 is 11.8 Å². The molecule has 0 saturated carbocycles. The van der Waals surface area contributed by atoms with Crippen LogP contribution in [0.3, 0.4) is 0 Å². The van der Waals surface area contributed by atoms with Crippen LogP contribution in [0, 0.1) is 0 Å². The second-order valence-corrected chi connectivity index (χ2v) is 6.98. The Labute approximate surface area is 160 Å². The predicted octanol–water partition coefficient (Wildman–Crippen LogP) is 6.72. The molecule has 0 spiro atoms. The van der Waals surface area contributed by atoms with Crippen LogP contribution in [-0.4, -0.2) is 11.8 Å². The maximum Gasteiger partial charge on any atom is 0.514 e. The summed E-state index contributed by atoms with van der Waals surface area (Å²) >= 11 is 0. The minimum atomic E-state index is -0.692. The number of rotatable bonds is 5. The minimum absolute atomic E-state index is 0.506. The lowest BCUT2D eigenvalue weighted by Crippen LogP contribution is -2.29. The molecule has 0 aromatic heterocycles. The molecule has 0 radical (unpaired) electrons. The van der Waals surface area contributed by atoms with Crippen LogP contribution in [-0.2, 0) is 4.74 Å². The number of benzene rings is 3. The summed E-state index contributed by atoms with van der Waals surface area (Å²) in [6, 6.07) is 25.7. The van der Waals surface area contributed by atoms with Crippen LogP contribution in [0.1, 0.15) is 27.2 Å². The quantitative estimate of drug-likeness (QED) is 0.374. The average molecular weight is 360 g/mol. The Kier molecular flexibility index (Phi) is 5.60. The first kappa shape index (κ1) is 18.7. The first-order chi connectivity index (χ1) is 13.0.